The summed E-state index contributed by atoms with van der Waals surface area (Å²) >= 11 is 0. The largest absolute Gasteiger partial charge is 0.458 e. The van der Waals surface area contributed by atoms with Crippen LogP contribution in [0.15, 0.2) is 10.5 Å². The smallest absolute Gasteiger partial charge is 0.194 e. The summed E-state index contributed by atoms with van der Waals surface area (Å²) in [6.07, 6.45) is 5.03. The van der Waals surface area contributed by atoms with E-state index < -0.39 is 0 Å². The summed E-state index contributed by atoms with van der Waals surface area (Å²) < 4.78 is 10.4. The van der Waals surface area contributed by atoms with Gasteiger partial charge in [0.05, 0.1) is 6.61 Å². The lowest BCUT2D eigenvalue weighted by molar-refractivity contribution is 0.0986. The first-order valence-electron chi connectivity index (χ1n) is 4.26. The SMILES string of the molecule is C#CCOCc1cc(C(C)=O)oc1C. The van der Waals surface area contributed by atoms with Crippen LogP contribution in [0.25, 0.3) is 0 Å². The standard InChI is InChI=1S/C11H12O3/c1-4-5-13-7-10-6-11(8(2)12)14-9(10)3/h1,6H,5,7H2,2-3H3. The zero-order valence-electron chi connectivity index (χ0n) is 8.29. The van der Waals surface area contributed by atoms with E-state index in [1.807, 2.05) is 0 Å². The Balaban J connectivity index is 2.69. The highest BCUT2D eigenvalue weighted by Crippen LogP contribution is 2.15. The molecule has 1 rings (SSSR count). The molecule has 1 aromatic rings. The topological polar surface area (TPSA) is 39.4 Å². The first-order chi connectivity index (χ1) is 6.65. The van der Waals surface area contributed by atoms with Crippen LogP contribution in [-0.4, -0.2) is 12.4 Å². The van der Waals surface area contributed by atoms with Crippen molar-refractivity contribution >= 4 is 5.78 Å². The number of rotatable bonds is 4. The Morgan fingerprint density at radius 1 is 1.71 bits per heavy atom. The van der Waals surface area contributed by atoms with Gasteiger partial charge in [0, 0.05) is 12.5 Å². The average Bonchev–Trinajstić information content (AvgIpc) is 2.49. The zero-order chi connectivity index (χ0) is 10.6. The van der Waals surface area contributed by atoms with Crippen LogP contribution in [0.4, 0.5) is 0 Å². The van der Waals surface area contributed by atoms with Crippen molar-refractivity contribution in [1.29, 1.82) is 0 Å². The minimum absolute atomic E-state index is 0.0868. The molecule has 0 aliphatic heterocycles. The van der Waals surface area contributed by atoms with E-state index in [0.717, 1.165) is 5.56 Å². The molecule has 14 heavy (non-hydrogen) atoms. The fourth-order valence-corrected chi connectivity index (χ4v) is 1.06. The molecule has 0 N–H and O–H groups in total. The van der Waals surface area contributed by atoms with E-state index in [0.29, 0.717) is 18.1 Å². The maximum atomic E-state index is 11.0. The maximum Gasteiger partial charge on any atom is 0.194 e. The number of carbonyl (C=O) groups excluding carboxylic acids is 1. The molecule has 3 heteroatoms. The number of hydrogen-bond donors (Lipinski definition) is 0. The second kappa shape index (κ2) is 4.64. The van der Waals surface area contributed by atoms with E-state index in [2.05, 4.69) is 5.92 Å². The van der Waals surface area contributed by atoms with E-state index in [1.165, 1.54) is 6.92 Å². The number of aryl methyl sites for hydroxylation is 1. The van der Waals surface area contributed by atoms with Crippen molar-refractivity contribution in [3.05, 3.63) is 23.2 Å². The number of terminal acetylenes is 1. The summed E-state index contributed by atoms with van der Waals surface area (Å²) in [6, 6.07) is 1.69. The normalized spacial score (nSPS) is 9.79. The van der Waals surface area contributed by atoms with Crippen LogP contribution in [0, 0.1) is 19.3 Å². The Morgan fingerprint density at radius 3 is 2.93 bits per heavy atom. The van der Waals surface area contributed by atoms with Crippen molar-refractivity contribution < 1.29 is 13.9 Å². The molecule has 1 aromatic heterocycles. The van der Waals surface area contributed by atoms with Gasteiger partial charge >= 0.3 is 0 Å². The third kappa shape index (κ3) is 2.48. The van der Waals surface area contributed by atoms with E-state index in [1.54, 1.807) is 13.0 Å². The summed E-state index contributed by atoms with van der Waals surface area (Å²) in [6.45, 7) is 3.90. The second-order valence-corrected chi connectivity index (χ2v) is 2.95. The molecule has 1 heterocycles. The van der Waals surface area contributed by atoms with Crippen molar-refractivity contribution in [2.45, 2.75) is 20.5 Å². The minimum Gasteiger partial charge on any atom is -0.458 e. The molecule has 0 amide bonds. The highest BCUT2D eigenvalue weighted by molar-refractivity contribution is 5.91. The lowest BCUT2D eigenvalue weighted by Crippen LogP contribution is -1.92. The number of ether oxygens (including phenoxy) is 1. The monoisotopic (exact) mass is 192 g/mol. The fourth-order valence-electron chi connectivity index (χ4n) is 1.06. The quantitative estimate of drug-likeness (QED) is 0.416. The second-order valence-electron chi connectivity index (χ2n) is 2.95. The van der Waals surface area contributed by atoms with Crippen molar-refractivity contribution in [3.8, 4) is 12.3 Å². The van der Waals surface area contributed by atoms with Crippen LogP contribution in [0.1, 0.15) is 28.8 Å². The summed E-state index contributed by atoms with van der Waals surface area (Å²) in [7, 11) is 0. The lowest BCUT2D eigenvalue weighted by Gasteiger charge is -1.96. The number of furan rings is 1. The van der Waals surface area contributed by atoms with Gasteiger partial charge in [-0.1, -0.05) is 5.92 Å². The third-order valence-electron chi connectivity index (χ3n) is 1.81. The van der Waals surface area contributed by atoms with Crippen LogP contribution in [0.3, 0.4) is 0 Å². The molecule has 0 fully saturated rings. The van der Waals surface area contributed by atoms with Crippen LogP contribution < -0.4 is 0 Å². The van der Waals surface area contributed by atoms with Crippen molar-refractivity contribution in [3.63, 3.8) is 0 Å². The molecule has 0 aromatic carbocycles. The zero-order valence-corrected chi connectivity index (χ0v) is 8.29. The molecule has 0 aliphatic carbocycles. The Labute approximate surface area is 83.1 Å². The summed E-state index contributed by atoms with van der Waals surface area (Å²) in [5.74, 6) is 3.34. The van der Waals surface area contributed by atoms with E-state index in [4.69, 9.17) is 15.6 Å². The van der Waals surface area contributed by atoms with Gasteiger partial charge in [0.1, 0.15) is 12.4 Å². The van der Waals surface area contributed by atoms with Crippen molar-refractivity contribution in [2.24, 2.45) is 0 Å². The predicted octanol–water partition coefficient (Wildman–Crippen LogP) is 1.94. The molecule has 0 spiro atoms. The molecule has 0 unspecified atom stereocenters. The van der Waals surface area contributed by atoms with Crippen LogP contribution >= 0.6 is 0 Å². The summed E-state index contributed by atoms with van der Waals surface area (Å²) in [4.78, 5) is 11.0. The molecule has 0 saturated carbocycles. The first-order valence-corrected chi connectivity index (χ1v) is 4.26. The minimum atomic E-state index is -0.0868. The molecular formula is C11H12O3. The Hall–Kier alpha value is -1.53. The van der Waals surface area contributed by atoms with Gasteiger partial charge in [-0.05, 0) is 13.0 Å². The van der Waals surface area contributed by atoms with E-state index in [-0.39, 0.29) is 12.4 Å². The fraction of sp³-hybridized carbons (Fsp3) is 0.364. The summed E-state index contributed by atoms with van der Waals surface area (Å²) in [5, 5.41) is 0. The Bertz CT molecular complexity index is 368. The number of Topliss-reactive ketones (excluding diaryl/α,β-unsaturated/α-hetero) is 1. The third-order valence-corrected chi connectivity index (χ3v) is 1.81. The van der Waals surface area contributed by atoms with Gasteiger partial charge in [0.2, 0.25) is 0 Å². The van der Waals surface area contributed by atoms with E-state index in [9.17, 15) is 4.79 Å². The molecule has 0 bridgehead atoms. The number of carbonyl (C=O) groups is 1. The highest BCUT2D eigenvalue weighted by atomic mass is 16.5. The predicted molar refractivity (Wildman–Crippen MR) is 51.9 cm³/mol. The molecule has 0 atom stereocenters. The van der Waals surface area contributed by atoms with Gasteiger partial charge in [0.15, 0.2) is 11.5 Å². The molecule has 0 aliphatic rings. The van der Waals surface area contributed by atoms with Crippen molar-refractivity contribution in [2.75, 3.05) is 6.61 Å². The Kier molecular flexibility index (Phi) is 3.49. The maximum absolute atomic E-state index is 11.0. The highest BCUT2D eigenvalue weighted by Gasteiger charge is 2.10. The van der Waals surface area contributed by atoms with Crippen LogP contribution in [0.2, 0.25) is 0 Å². The lowest BCUT2D eigenvalue weighted by atomic mass is 10.2. The molecule has 0 radical (unpaired) electrons. The van der Waals surface area contributed by atoms with Crippen molar-refractivity contribution in [1.82, 2.24) is 0 Å². The Morgan fingerprint density at radius 2 is 2.43 bits per heavy atom. The van der Waals surface area contributed by atoms with Crippen LogP contribution in [-0.2, 0) is 11.3 Å². The van der Waals surface area contributed by atoms with Gasteiger partial charge in [-0.3, -0.25) is 4.79 Å². The summed E-state index contributed by atoms with van der Waals surface area (Å²) in [5.41, 5.74) is 0.866. The molecule has 0 saturated heterocycles. The van der Waals surface area contributed by atoms with Gasteiger partial charge in [0.25, 0.3) is 0 Å². The van der Waals surface area contributed by atoms with Gasteiger partial charge in [-0.2, -0.15) is 0 Å². The van der Waals surface area contributed by atoms with Gasteiger partial charge in [-0.25, -0.2) is 0 Å². The first kappa shape index (κ1) is 10.6. The molecule has 3 nitrogen and oxygen atoms in total. The van der Waals surface area contributed by atoms with E-state index >= 15 is 0 Å². The van der Waals surface area contributed by atoms with Gasteiger partial charge in [-0.15, -0.1) is 6.42 Å². The molecular weight excluding hydrogens is 180 g/mol. The number of hydrogen-bond acceptors (Lipinski definition) is 3. The average molecular weight is 192 g/mol. The number of ketones is 1. The molecule has 74 valence electrons. The van der Waals surface area contributed by atoms with Crippen LogP contribution in [0.5, 0.6) is 0 Å². The van der Waals surface area contributed by atoms with Gasteiger partial charge < -0.3 is 9.15 Å².